The lowest BCUT2D eigenvalue weighted by molar-refractivity contribution is 0.0817. The fourth-order valence-electron chi connectivity index (χ4n) is 4.64. The Morgan fingerprint density at radius 2 is 2.04 bits per heavy atom. The van der Waals surface area contributed by atoms with Gasteiger partial charge in [-0.25, -0.2) is 0 Å². The number of H-pyrrole nitrogens is 1. The largest absolute Gasteiger partial charge is 0.361 e. The topological polar surface area (TPSA) is 58.1 Å². The number of likely N-dealkylation sites (tertiary alicyclic amines) is 1. The van der Waals surface area contributed by atoms with Crippen LogP contribution in [0.15, 0.2) is 53.5 Å². The Labute approximate surface area is 151 Å². The third-order valence-electron chi connectivity index (χ3n) is 5.80. The molecule has 2 aliphatic rings. The van der Waals surface area contributed by atoms with Gasteiger partial charge in [-0.2, -0.15) is 0 Å². The first-order valence-corrected chi connectivity index (χ1v) is 9.20. The van der Waals surface area contributed by atoms with E-state index in [0.717, 1.165) is 48.2 Å². The lowest BCUT2D eigenvalue weighted by atomic mass is 9.83. The van der Waals surface area contributed by atoms with Crippen molar-refractivity contribution in [3.8, 4) is 0 Å². The second-order valence-corrected chi connectivity index (χ2v) is 7.60. The third-order valence-corrected chi connectivity index (χ3v) is 5.80. The summed E-state index contributed by atoms with van der Waals surface area (Å²) >= 11 is 0. The molecule has 0 radical (unpaired) electrons. The molecule has 1 N–H and O–H groups in total. The lowest BCUT2D eigenvalue weighted by Crippen LogP contribution is -2.48. The zero-order valence-electron chi connectivity index (χ0n) is 14.5. The SMILES string of the molecule is O=C(CN1CC2CC(C1)c1cccc(=O)n1C2)c1ccc2cc[nH]c2c1. The maximum atomic E-state index is 12.8. The summed E-state index contributed by atoms with van der Waals surface area (Å²) in [7, 11) is 0. The van der Waals surface area contributed by atoms with Crippen molar-refractivity contribution < 1.29 is 4.79 Å². The number of nitrogens with zero attached hydrogens (tertiary/aromatic N) is 2. The Morgan fingerprint density at radius 1 is 1.12 bits per heavy atom. The first kappa shape index (κ1) is 15.6. The van der Waals surface area contributed by atoms with Crippen LogP contribution in [0.5, 0.6) is 0 Å². The second-order valence-electron chi connectivity index (χ2n) is 7.60. The van der Waals surface area contributed by atoms with E-state index in [1.807, 2.05) is 41.1 Å². The predicted octanol–water partition coefficient (Wildman–Crippen LogP) is 2.63. The van der Waals surface area contributed by atoms with Gasteiger partial charge >= 0.3 is 0 Å². The summed E-state index contributed by atoms with van der Waals surface area (Å²) in [6.45, 7) is 2.94. The number of Topliss-reactive ketones (excluding diaryl/α,β-unsaturated/α-hetero) is 1. The molecule has 2 aliphatic heterocycles. The fraction of sp³-hybridized carbons (Fsp3) is 0.333. The minimum absolute atomic E-state index is 0.0981. The Kier molecular flexibility index (Phi) is 3.57. The zero-order chi connectivity index (χ0) is 17.7. The molecule has 0 amide bonds. The molecule has 2 atom stereocenters. The van der Waals surface area contributed by atoms with Crippen LogP contribution in [0, 0.1) is 5.92 Å². The number of aromatic amines is 1. The van der Waals surface area contributed by atoms with Crippen molar-refractivity contribution in [3.05, 3.63) is 70.3 Å². The molecule has 0 spiro atoms. The summed E-state index contributed by atoms with van der Waals surface area (Å²) < 4.78 is 1.93. The number of benzene rings is 1. The van der Waals surface area contributed by atoms with E-state index < -0.39 is 0 Å². The number of carbonyl (C=O) groups is 1. The van der Waals surface area contributed by atoms with Gasteiger partial charge in [0.15, 0.2) is 5.78 Å². The van der Waals surface area contributed by atoms with Crippen LogP contribution in [-0.2, 0) is 6.54 Å². The molecule has 2 aromatic heterocycles. The van der Waals surface area contributed by atoms with Crippen LogP contribution in [0.25, 0.3) is 10.9 Å². The van der Waals surface area contributed by atoms with Gasteiger partial charge in [0, 0.05) is 54.6 Å². The van der Waals surface area contributed by atoms with Crippen molar-refractivity contribution >= 4 is 16.7 Å². The Morgan fingerprint density at radius 3 is 2.96 bits per heavy atom. The lowest BCUT2D eigenvalue weighted by Gasteiger charge is -2.42. The molecule has 5 rings (SSSR count). The molecule has 26 heavy (non-hydrogen) atoms. The maximum Gasteiger partial charge on any atom is 0.250 e. The van der Waals surface area contributed by atoms with Gasteiger partial charge in [0.2, 0.25) is 0 Å². The molecule has 3 aromatic rings. The Balaban J connectivity index is 1.36. The van der Waals surface area contributed by atoms with Gasteiger partial charge < -0.3 is 9.55 Å². The predicted molar refractivity (Wildman–Crippen MR) is 101 cm³/mol. The molecule has 1 saturated heterocycles. The van der Waals surface area contributed by atoms with Crippen LogP contribution in [0.1, 0.15) is 28.4 Å². The Hall–Kier alpha value is -2.66. The van der Waals surface area contributed by atoms with Crippen molar-refractivity contribution in [1.29, 1.82) is 0 Å². The summed E-state index contributed by atoms with van der Waals surface area (Å²) in [5, 5.41) is 1.12. The molecule has 1 aromatic carbocycles. The summed E-state index contributed by atoms with van der Waals surface area (Å²) in [5.41, 5.74) is 2.98. The minimum Gasteiger partial charge on any atom is -0.361 e. The van der Waals surface area contributed by atoms with Gasteiger partial charge in [0.05, 0.1) is 6.54 Å². The fourth-order valence-corrected chi connectivity index (χ4v) is 4.64. The summed E-state index contributed by atoms with van der Waals surface area (Å²) in [5.74, 6) is 0.946. The molecule has 2 unspecified atom stereocenters. The van der Waals surface area contributed by atoms with Crippen LogP contribution in [-0.4, -0.2) is 39.9 Å². The van der Waals surface area contributed by atoms with Gasteiger partial charge in [-0.15, -0.1) is 0 Å². The first-order chi connectivity index (χ1) is 12.7. The van der Waals surface area contributed by atoms with Crippen molar-refractivity contribution in [2.75, 3.05) is 19.6 Å². The van der Waals surface area contributed by atoms with E-state index in [1.54, 1.807) is 6.07 Å². The van der Waals surface area contributed by atoms with Gasteiger partial charge in [-0.3, -0.25) is 14.5 Å². The number of pyridine rings is 1. The normalized spacial score (nSPS) is 22.3. The summed E-state index contributed by atoms with van der Waals surface area (Å²) in [6, 6.07) is 13.4. The number of piperidine rings is 1. The molecular formula is C21H21N3O2. The standard InChI is InChI=1S/C21H21N3O2/c25-20(16-5-4-15-6-7-22-18(15)9-16)13-23-10-14-8-17(12-23)19-2-1-3-21(26)24(19)11-14/h1-7,9,14,17,22H,8,10-13H2. The highest BCUT2D eigenvalue weighted by Gasteiger charge is 2.34. The van der Waals surface area contributed by atoms with Crippen molar-refractivity contribution in [2.24, 2.45) is 5.92 Å². The number of carbonyl (C=O) groups excluding carboxylic acids is 1. The quantitative estimate of drug-likeness (QED) is 0.741. The van der Waals surface area contributed by atoms with Gasteiger partial charge in [0.25, 0.3) is 5.56 Å². The number of hydrogen-bond donors (Lipinski definition) is 1. The number of nitrogens with one attached hydrogen (secondary N) is 1. The molecule has 0 aliphatic carbocycles. The number of ketones is 1. The van der Waals surface area contributed by atoms with Gasteiger partial charge in [0.1, 0.15) is 0 Å². The van der Waals surface area contributed by atoms with Crippen molar-refractivity contribution in [2.45, 2.75) is 18.9 Å². The number of hydrogen-bond acceptors (Lipinski definition) is 3. The highest BCUT2D eigenvalue weighted by molar-refractivity contribution is 6.00. The van der Waals surface area contributed by atoms with Crippen LogP contribution < -0.4 is 5.56 Å². The van der Waals surface area contributed by atoms with Crippen LogP contribution in [0.3, 0.4) is 0 Å². The number of fused-ring (bicyclic) bond motifs is 5. The summed E-state index contributed by atoms with van der Waals surface area (Å²) in [4.78, 5) is 30.3. The molecule has 5 heteroatoms. The first-order valence-electron chi connectivity index (χ1n) is 9.20. The highest BCUT2D eigenvalue weighted by Crippen LogP contribution is 2.34. The van der Waals surface area contributed by atoms with Gasteiger partial charge in [-0.1, -0.05) is 18.2 Å². The van der Waals surface area contributed by atoms with Crippen LogP contribution in [0.2, 0.25) is 0 Å². The minimum atomic E-state index is 0.0981. The molecule has 0 saturated carbocycles. The Bertz CT molecular complexity index is 1050. The molecule has 1 fully saturated rings. The van der Waals surface area contributed by atoms with E-state index >= 15 is 0 Å². The van der Waals surface area contributed by atoms with E-state index in [0.29, 0.717) is 18.4 Å². The van der Waals surface area contributed by atoms with Crippen LogP contribution in [0.4, 0.5) is 0 Å². The monoisotopic (exact) mass is 347 g/mol. The van der Waals surface area contributed by atoms with E-state index in [4.69, 9.17) is 0 Å². The molecule has 132 valence electrons. The smallest absolute Gasteiger partial charge is 0.250 e. The maximum absolute atomic E-state index is 12.8. The molecule has 4 heterocycles. The molecule has 5 nitrogen and oxygen atoms in total. The van der Waals surface area contributed by atoms with E-state index in [1.165, 1.54) is 0 Å². The summed E-state index contributed by atoms with van der Waals surface area (Å²) in [6.07, 6.45) is 3.01. The second kappa shape index (κ2) is 5.95. The van der Waals surface area contributed by atoms with Gasteiger partial charge in [-0.05, 0) is 35.9 Å². The van der Waals surface area contributed by atoms with Crippen LogP contribution >= 0.6 is 0 Å². The molecular weight excluding hydrogens is 326 g/mol. The van der Waals surface area contributed by atoms with E-state index in [9.17, 15) is 9.59 Å². The van der Waals surface area contributed by atoms with E-state index in [2.05, 4.69) is 16.0 Å². The zero-order valence-corrected chi connectivity index (χ0v) is 14.5. The average molecular weight is 347 g/mol. The van der Waals surface area contributed by atoms with Crippen molar-refractivity contribution in [1.82, 2.24) is 14.5 Å². The van der Waals surface area contributed by atoms with E-state index in [-0.39, 0.29) is 11.3 Å². The molecule has 2 bridgehead atoms. The number of aromatic nitrogens is 2. The third kappa shape index (κ3) is 2.59. The number of rotatable bonds is 3. The van der Waals surface area contributed by atoms with Crippen molar-refractivity contribution in [3.63, 3.8) is 0 Å². The highest BCUT2D eigenvalue weighted by atomic mass is 16.1. The average Bonchev–Trinajstić information content (AvgIpc) is 3.10.